The van der Waals surface area contributed by atoms with E-state index in [-0.39, 0.29) is 17.6 Å². The van der Waals surface area contributed by atoms with Crippen LogP contribution in [0, 0.1) is 22.7 Å². The van der Waals surface area contributed by atoms with E-state index >= 15 is 0 Å². The highest BCUT2D eigenvalue weighted by Crippen LogP contribution is 2.74. The maximum absolute atomic E-state index is 14.4. The molecule has 1 saturated carbocycles. The maximum Gasteiger partial charge on any atom is 0.239 e. The normalized spacial score (nSPS) is 29.3. The Kier molecular flexibility index (Phi) is 4.71. The maximum atomic E-state index is 14.4. The third-order valence-electron chi connectivity index (χ3n) is 8.30. The second-order valence-electron chi connectivity index (χ2n) is 9.79. The molecule has 0 radical (unpaired) electrons. The van der Waals surface area contributed by atoms with E-state index in [1.54, 1.807) is 24.3 Å². The van der Waals surface area contributed by atoms with Crippen molar-refractivity contribution in [3.05, 3.63) is 101 Å². The summed E-state index contributed by atoms with van der Waals surface area (Å²) in [6.45, 7) is 3.83. The second kappa shape index (κ2) is 7.50. The van der Waals surface area contributed by atoms with Crippen molar-refractivity contribution in [2.45, 2.75) is 20.3 Å². The lowest BCUT2D eigenvalue weighted by atomic mass is 9.62. The van der Waals surface area contributed by atoms with Gasteiger partial charge in [-0.2, -0.15) is 0 Å². The van der Waals surface area contributed by atoms with Gasteiger partial charge in [-0.15, -0.1) is 0 Å². The molecule has 0 unspecified atom stereocenters. The molecule has 1 heterocycles. The molecule has 2 aliphatic carbocycles. The second-order valence-corrected chi connectivity index (χ2v) is 10.2. The average molecular weight is 482 g/mol. The number of halogens is 1. The molecule has 35 heavy (non-hydrogen) atoms. The monoisotopic (exact) mass is 481 g/mol. The van der Waals surface area contributed by atoms with Crippen molar-refractivity contribution in [3.63, 3.8) is 0 Å². The van der Waals surface area contributed by atoms with E-state index < -0.39 is 22.7 Å². The Morgan fingerprint density at radius 1 is 0.771 bits per heavy atom. The lowest BCUT2D eigenvalue weighted by Gasteiger charge is -2.37. The zero-order valence-electron chi connectivity index (χ0n) is 19.5. The van der Waals surface area contributed by atoms with Crippen LogP contribution in [0.5, 0.6) is 0 Å². The van der Waals surface area contributed by atoms with Gasteiger partial charge in [0.15, 0.2) is 5.78 Å². The van der Waals surface area contributed by atoms with Gasteiger partial charge in [0.1, 0.15) is 0 Å². The van der Waals surface area contributed by atoms with Gasteiger partial charge in [0, 0.05) is 5.02 Å². The summed E-state index contributed by atoms with van der Waals surface area (Å²) in [7, 11) is 0. The van der Waals surface area contributed by atoms with Crippen LogP contribution in [0.1, 0.15) is 31.4 Å². The van der Waals surface area contributed by atoms with Gasteiger partial charge in [-0.3, -0.25) is 14.4 Å². The first-order valence-corrected chi connectivity index (χ1v) is 12.3. The molecule has 174 valence electrons. The number of Topliss-reactive ketones (excluding diaryl/α,β-unsaturated/α-hetero) is 1. The molecule has 2 fully saturated rings. The molecule has 0 aromatic heterocycles. The molecule has 5 heteroatoms. The number of amides is 2. The van der Waals surface area contributed by atoms with Gasteiger partial charge < -0.3 is 0 Å². The topological polar surface area (TPSA) is 54.5 Å². The van der Waals surface area contributed by atoms with Crippen LogP contribution in [0.4, 0.5) is 5.69 Å². The number of benzene rings is 3. The first-order chi connectivity index (χ1) is 16.9. The molecule has 4 atom stereocenters. The van der Waals surface area contributed by atoms with E-state index in [2.05, 4.69) is 0 Å². The molecule has 3 aromatic carbocycles. The highest BCUT2D eigenvalue weighted by molar-refractivity contribution is 6.35. The highest BCUT2D eigenvalue weighted by Gasteiger charge is 2.79. The molecule has 4 nitrogen and oxygen atoms in total. The molecule has 0 spiro atoms. The Morgan fingerprint density at radius 3 is 1.91 bits per heavy atom. The summed E-state index contributed by atoms with van der Waals surface area (Å²) in [6.07, 6.45) is 0.436. The van der Waals surface area contributed by atoms with E-state index in [0.717, 1.165) is 22.3 Å². The van der Waals surface area contributed by atoms with Crippen molar-refractivity contribution in [1.82, 2.24) is 0 Å². The summed E-state index contributed by atoms with van der Waals surface area (Å²) in [6, 6.07) is 26.4. The summed E-state index contributed by atoms with van der Waals surface area (Å²) in [5.41, 5.74) is 1.84. The molecule has 3 aromatic rings. The predicted octanol–water partition coefficient (Wildman–Crippen LogP) is 6.06. The summed E-state index contributed by atoms with van der Waals surface area (Å²) >= 11 is 6.21. The van der Waals surface area contributed by atoms with Gasteiger partial charge in [0.25, 0.3) is 0 Å². The third kappa shape index (κ3) is 2.61. The highest BCUT2D eigenvalue weighted by atomic mass is 35.5. The fourth-order valence-electron chi connectivity index (χ4n) is 7.00. The summed E-state index contributed by atoms with van der Waals surface area (Å²) < 4.78 is 0. The molecule has 2 bridgehead atoms. The fraction of sp³-hybridized carbons (Fsp3) is 0.233. The average Bonchev–Trinajstić information content (AvgIpc) is 3.35. The van der Waals surface area contributed by atoms with E-state index in [4.69, 9.17) is 11.6 Å². The fourth-order valence-corrected chi connectivity index (χ4v) is 7.18. The number of allylic oxidation sites excluding steroid dienone is 2. The van der Waals surface area contributed by atoms with Gasteiger partial charge in [-0.1, -0.05) is 85.3 Å². The van der Waals surface area contributed by atoms with Gasteiger partial charge in [0.05, 0.1) is 28.4 Å². The minimum Gasteiger partial charge on any atom is -0.298 e. The minimum absolute atomic E-state index is 0.0207. The summed E-state index contributed by atoms with van der Waals surface area (Å²) in [4.78, 5) is 43.8. The lowest BCUT2D eigenvalue weighted by molar-refractivity contribution is -0.134. The number of rotatable bonds is 4. The molecule has 6 rings (SSSR count). The zero-order chi connectivity index (χ0) is 24.5. The molecule has 0 N–H and O–H groups in total. The molecule has 2 amide bonds. The number of ketones is 1. The smallest absolute Gasteiger partial charge is 0.239 e. The van der Waals surface area contributed by atoms with E-state index in [1.807, 2.05) is 74.5 Å². The van der Waals surface area contributed by atoms with Gasteiger partial charge in [0.2, 0.25) is 11.8 Å². The molecule has 1 aliphatic heterocycles. The molecular formula is C30H24ClNO3. The molecule has 1 saturated heterocycles. The van der Waals surface area contributed by atoms with Crippen molar-refractivity contribution >= 4 is 46.0 Å². The van der Waals surface area contributed by atoms with Crippen molar-refractivity contribution in [1.29, 1.82) is 0 Å². The van der Waals surface area contributed by atoms with Crippen LogP contribution in [-0.2, 0) is 14.4 Å². The Balaban J connectivity index is 1.65. The number of carbonyl (C=O) groups excluding carboxylic acids is 3. The minimum atomic E-state index is -1.12. The zero-order valence-corrected chi connectivity index (χ0v) is 20.3. The van der Waals surface area contributed by atoms with Gasteiger partial charge in [-0.05, 0) is 53.8 Å². The molecule has 3 aliphatic rings. The largest absolute Gasteiger partial charge is 0.298 e. The SMILES string of the molecule is CC[C@@]12C(=O)[C@@](C)(C(c3ccccc3)=C1c1ccccc1)[C@@H]1C(=O)N(c3cccc(Cl)c3)C(=O)[C@H]12. The van der Waals surface area contributed by atoms with Crippen LogP contribution in [-0.4, -0.2) is 17.6 Å². The molecular weight excluding hydrogens is 458 g/mol. The van der Waals surface area contributed by atoms with Crippen LogP contribution < -0.4 is 4.90 Å². The van der Waals surface area contributed by atoms with Crippen LogP contribution in [0.2, 0.25) is 5.02 Å². The summed E-state index contributed by atoms with van der Waals surface area (Å²) in [5.74, 6) is -2.17. The van der Waals surface area contributed by atoms with Crippen molar-refractivity contribution in [2.75, 3.05) is 4.90 Å². The lowest BCUT2D eigenvalue weighted by Crippen LogP contribution is -2.41. The number of anilines is 1. The number of hydrogen-bond acceptors (Lipinski definition) is 3. The number of imide groups is 1. The predicted molar refractivity (Wildman–Crippen MR) is 136 cm³/mol. The first-order valence-electron chi connectivity index (χ1n) is 11.9. The number of hydrogen-bond donors (Lipinski definition) is 0. The third-order valence-corrected chi connectivity index (χ3v) is 8.54. The van der Waals surface area contributed by atoms with Crippen LogP contribution >= 0.6 is 11.6 Å². The van der Waals surface area contributed by atoms with Crippen LogP contribution in [0.15, 0.2) is 84.9 Å². The Bertz CT molecular complexity index is 1430. The van der Waals surface area contributed by atoms with Crippen molar-refractivity contribution in [3.8, 4) is 0 Å². The standard InChI is InChI=1S/C30H24ClNO3/c1-3-30-23(19-13-8-5-9-14-19)22(18-11-6-4-7-12-18)29(2,28(30)35)24-25(30)27(34)32(26(24)33)21-16-10-15-20(31)17-21/h4-17,24-25H,3H2,1-2H3/t24-,25-,29-,30+/m0/s1. The van der Waals surface area contributed by atoms with E-state index in [0.29, 0.717) is 17.1 Å². The summed E-state index contributed by atoms with van der Waals surface area (Å²) in [5, 5.41) is 0.448. The van der Waals surface area contributed by atoms with Crippen LogP contribution in [0.25, 0.3) is 11.1 Å². The Labute approximate surface area is 209 Å². The number of nitrogens with zero attached hydrogens (tertiary/aromatic N) is 1. The quantitative estimate of drug-likeness (QED) is 0.426. The van der Waals surface area contributed by atoms with E-state index in [1.165, 1.54) is 4.90 Å². The first kappa shape index (κ1) is 22.0. The van der Waals surface area contributed by atoms with Crippen molar-refractivity contribution in [2.24, 2.45) is 22.7 Å². The van der Waals surface area contributed by atoms with Gasteiger partial charge >= 0.3 is 0 Å². The number of fused-ring (bicyclic) bond motifs is 5. The van der Waals surface area contributed by atoms with Crippen molar-refractivity contribution < 1.29 is 14.4 Å². The Hall–Kier alpha value is -3.50. The number of carbonyl (C=O) groups is 3. The van der Waals surface area contributed by atoms with E-state index in [9.17, 15) is 14.4 Å². The van der Waals surface area contributed by atoms with Gasteiger partial charge in [-0.25, -0.2) is 4.90 Å². The van der Waals surface area contributed by atoms with Crippen LogP contribution in [0.3, 0.4) is 0 Å². The Morgan fingerprint density at radius 2 is 1.34 bits per heavy atom.